The minimum Gasteiger partial charge on any atom is -0.369 e. The molecule has 1 aliphatic heterocycles. The van der Waals surface area contributed by atoms with Crippen LogP contribution in [0.2, 0.25) is 0 Å². The first-order valence-electron chi connectivity index (χ1n) is 7.96. The van der Waals surface area contributed by atoms with Gasteiger partial charge in [0.25, 0.3) is 0 Å². The Labute approximate surface area is 131 Å². The van der Waals surface area contributed by atoms with Crippen LogP contribution >= 0.6 is 0 Å². The molecule has 2 aliphatic rings. The van der Waals surface area contributed by atoms with E-state index in [2.05, 4.69) is 15.9 Å². The lowest BCUT2D eigenvalue weighted by Gasteiger charge is -2.39. The van der Waals surface area contributed by atoms with Gasteiger partial charge in [0.2, 0.25) is 5.91 Å². The van der Waals surface area contributed by atoms with Crippen LogP contribution in [-0.2, 0) is 0 Å². The minimum atomic E-state index is -0.385. The fourth-order valence-electron chi connectivity index (χ4n) is 3.59. The molecule has 1 saturated carbocycles. The molecule has 2 unspecified atom stereocenters. The van der Waals surface area contributed by atoms with Crippen LogP contribution < -0.4 is 10.6 Å². The first-order valence-corrected chi connectivity index (χ1v) is 7.96. The number of nitrogens with zero attached hydrogens (tertiary/aromatic N) is 3. The van der Waals surface area contributed by atoms with Crippen molar-refractivity contribution in [3.63, 3.8) is 0 Å². The molecule has 22 heavy (non-hydrogen) atoms. The summed E-state index contributed by atoms with van der Waals surface area (Å²) in [6.45, 7) is 4.06. The predicted molar refractivity (Wildman–Crippen MR) is 85.5 cm³/mol. The van der Waals surface area contributed by atoms with Gasteiger partial charge in [-0.15, -0.1) is 0 Å². The fourth-order valence-corrected chi connectivity index (χ4v) is 3.59. The quantitative estimate of drug-likeness (QED) is 0.920. The lowest BCUT2D eigenvalue weighted by Crippen LogP contribution is -2.49. The van der Waals surface area contributed by atoms with E-state index in [0.29, 0.717) is 11.6 Å². The number of anilines is 1. The monoisotopic (exact) mass is 298 g/mol. The van der Waals surface area contributed by atoms with Gasteiger partial charge in [0.1, 0.15) is 0 Å². The summed E-state index contributed by atoms with van der Waals surface area (Å²) in [5.74, 6) is -0.131. The second-order valence-corrected chi connectivity index (χ2v) is 6.23. The standard InChI is InChI=1S/C17H22N4O/c18-12-13-1-4-16(11-13)21-9-7-20(8-10-21)15-5-2-14(3-6-15)17(19)22/h2-3,5-6,13,16H,1,4,7-11H2,(H2,19,22). The first kappa shape index (κ1) is 14.9. The van der Waals surface area contributed by atoms with Crippen molar-refractivity contribution in [1.29, 1.82) is 5.26 Å². The summed E-state index contributed by atoms with van der Waals surface area (Å²) in [4.78, 5) is 16.0. The first-order chi connectivity index (χ1) is 10.7. The Bertz CT molecular complexity index is 569. The van der Waals surface area contributed by atoms with Crippen molar-refractivity contribution >= 4 is 11.6 Å². The smallest absolute Gasteiger partial charge is 0.248 e. The molecule has 2 fully saturated rings. The Morgan fingerprint density at radius 3 is 2.36 bits per heavy atom. The van der Waals surface area contributed by atoms with E-state index >= 15 is 0 Å². The lowest BCUT2D eigenvalue weighted by atomic mass is 10.1. The molecule has 1 aromatic carbocycles. The maximum Gasteiger partial charge on any atom is 0.248 e. The zero-order chi connectivity index (χ0) is 15.5. The Balaban J connectivity index is 1.55. The summed E-state index contributed by atoms with van der Waals surface area (Å²) < 4.78 is 0. The molecule has 1 aromatic rings. The Morgan fingerprint density at radius 1 is 1.14 bits per heavy atom. The number of hydrogen-bond acceptors (Lipinski definition) is 4. The average Bonchev–Trinajstić information content (AvgIpc) is 3.04. The van der Waals surface area contributed by atoms with Crippen molar-refractivity contribution in [3.05, 3.63) is 29.8 Å². The molecule has 3 rings (SSSR count). The van der Waals surface area contributed by atoms with E-state index < -0.39 is 0 Å². The Kier molecular flexibility index (Phi) is 4.30. The molecule has 1 aliphatic carbocycles. The molecular weight excluding hydrogens is 276 g/mol. The van der Waals surface area contributed by atoms with Crippen LogP contribution in [-0.4, -0.2) is 43.0 Å². The number of amides is 1. The van der Waals surface area contributed by atoms with Gasteiger partial charge in [0, 0.05) is 49.4 Å². The van der Waals surface area contributed by atoms with Gasteiger partial charge >= 0.3 is 0 Å². The van der Waals surface area contributed by atoms with E-state index in [1.807, 2.05) is 12.1 Å². The molecule has 0 aromatic heterocycles. The van der Waals surface area contributed by atoms with Gasteiger partial charge in [0.15, 0.2) is 0 Å². The van der Waals surface area contributed by atoms with Crippen LogP contribution in [0, 0.1) is 17.2 Å². The van der Waals surface area contributed by atoms with E-state index in [9.17, 15) is 4.79 Å². The number of carbonyl (C=O) groups excluding carboxylic acids is 1. The summed E-state index contributed by atoms with van der Waals surface area (Å²) in [5.41, 5.74) is 6.97. The highest BCUT2D eigenvalue weighted by molar-refractivity contribution is 5.93. The minimum absolute atomic E-state index is 0.254. The highest BCUT2D eigenvalue weighted by Crippen LogP contribution is 2.30. The molecule has 0 spiro atoms. The number of rotatable bonds is 3. The highest BCUT2D eigenvalue weighted by atomic mass is 16.1. The average molecular weight is 298 g/mol. The zero-order valence-corrected chi connectivity index (χ0v) is 12.7. The van der Waals surface area contributed by atoms with Crippen LogP contribution in [0.5, 0.6) is 0 Å². The third-order valence-corrected chi connectivity index (χ3v) is 4.94. The fraction of sp³-hybridized carbons (Fsp3) is 0.529. The summed E-state index contributed by atoms with van der Waals surface area (Å²) in [6.07, 6.45) is 3.24. The largest absolute Gasteiger partial charge is 0.369 e. The van der Waals surface area contributed by atoms with Crippen LogP contribution in [0.25, 0.3) is 0 Å². The van der Waals surface area contributed by atoms with Gasteiger partial charge in [-0.05, 0) is 43.5 Å². The third kappa shape index (κ3) is 3.07. The van der Waals surface area contributed by atoms with Crippen LogP contribution in [0.1, 0.15) is 29.6 Å². The van der Waals surface area contributed by atoms with Gasteiger partial charge in [-0.3, -0.25) is 9.69 Å². The predicted octanol–water partition coefficient (Wildman–Crippen LogP) is 1.60. The topological polar surface area (TPSA) is 73.4 Å². The van der Waals surface area contributed by atoms with E-state index in [0.717, 1.165) is 51.1 Å². The van der Waals surface area contributed by atoms with Crippen LogP contribution in [0.4, 0.5) is 5.69 Å². The van der Waals surface area contributed by atoms with Crippen molar-refractivity contribution in [3.8, 4) is 6.07 Å². The number of piperazine rings is 1. The second-order valence-electron chi connectivity index (χ2n) is 6.23. The molecule has 5 heteroatoms. The van der Waals surface area contributed by atoms with E-state index in [1.54, 1.807) is 12.1 Å². The van der Waals surface area contributed by atoms with Crippen molar-refractivity contribution in [2.75, 3.05) is 31.1 Å². The SMILES string of the molecule is N#CC1CCC(N2CCN(c3ccc(C(N)=O)cc3)CC2)C1. The van der Waals surface area contributed by atoms with Crippen LogP contribution in [0.15, 0.2) is 24.3 Å². The number of nitrogens with two attached hydrogens (primary N) is 1. The van der Waals surface area contributed by atoms with E-state index in [1.165, 1.54) is 0 Å². The molecule has 116 valence electrons. The molecule has 2 N–H and O–H groups in total. The van der Waals surface area contributed by atoms with Gasteiger partial charge in [-0.2, -0.15) is 5.26 Å². The molecule has 1 amide bonds. The Hall–Kier alpha value is -2.06. The molecule has 5 nitrogen and oxygen atoms in total. The Morgan fingerprint density at radius 2 is 1.82 bits per heavy atom. The molecule has 0 radical (unpaired) electrons. The highest BCUT2D eigenvalue weighted by Gasteiger charge is 2.31. The molecule has 1 heterocycles. The summed E-state index contributed by atoms with van der Waals surface area (Å²) in [5, 5.41) is 9.02. The van der Waals surface area contributed by atoms with Crippen molar-refractivity contribution in [1.82, 2.24) is 4.90 Å². The maximum absolute atomic E-state index is 11.1. The third-order valence-electron chi connectivity index (χ3n) is 4.94. The number of primary amides is 1. The molecular formula is C17H22N4O. The van der Waals surface area contributed by atoms with Crippen molar-refractivity contribution < 1.29 is 4.79 Å². The molecule has 2 atom stereocenters. The summed E-state index contributed by atoms with van der Waals surface area (Å²) in [6, 6.07) is 10.5. The second kappa shape index (κ2) is 6.37. The van der Waals surface area contributed by atoms with Gasteiger partial charge < -0.3 is 10.6 Å². The number of nitriles is 1. The van der Waals surface area contributed by atoms with Gasteiger partial charge in [0.05, 0.1) is 6.07 Å². The van der Waals surface area contributed by atoms with Gasteiger partial charge in [-0.1, -0.05) is 0 Å². The summed E-state index contributed by atoms with van der Waals surface area (Å²) >= 11 is 0. The van der Waals surface area contributed by atoms with E-state index in [-0.39, 0.29) is 11.8 Å². The maximum atomic E-state index is 11.1. The molecule has 0 bridgehead atoms. The lowest BCUT2D eigenvalue weighted by molar-refractivity contribution is 0.100. The molecule has 1 saturated heterocycles. The van der Waals surface area contributed by atoms with Crippen LogP contribution in [0.3, 0.4) is 0 Å². The van der Waals surface area contributed by atoms with Crippen molar-refractivity contribution in [2.45, 2.75) is 25.3 Å². The number of benzene rings is 1. The number of carbonyl (C=O) groups is 1. The number of hydrogen-bond donors (Lipinski definition) is 1. The van der Waals surface area contributed by atoms with Gasteiger partial charge in [-0.25, -0.2) is 0 Å². The van der Waals surface area contributed by atoms with Crippen molar-refractivity contribution in [2.24, 2.45) is 11.7 Å². The zero-order valence-electron chi connectivity index (χ0n) is 12.7. The van der Waals surface area contributed by atoms with E-state index in [4.69, 9.17) is 11.0 Å². The summed E-state index contributed by atoms with van der Waals surface area (Å²) in [7, 11) is 0. The normalized spacial score (nSPS) is 25.9.